The molecule has 1 aromatic heterocycles. The molecule has 4 nitrogen and oxygen atoms in total. The molecule has 0 bridgehead atoms. The Morgan fingerprint density at radius 1 is 1.29 bits per heavy atom. The monoisotopic (exact) mass is 248 g/mol. The standard InChI is InChI=1S/C12H9ClN2O2/c13-8-4-5-10(16)9(7-8)12(17)15-11-3-1-2-6-14-11/h1-7,16H,(H,14,15,17). The van der Waals surface area contributed by atoms with E-state index in [1.165, 1.54) is 18.2 Å². The lowest BCUT2D eigenvalue weighted by Gasteiger charge is -2.06. The lowest BCUT2D eigenvalue weighted by Crippen LogP contribution is -2.12. The fraction of sp³-hybridized carbons (Fsp3) is 0. The third-order valence-electron chi connectivity index (χ3n) is 2.11. The number of nitrogens with zero attached hydrogens (tertiary/aromatic N) is 1. The van der Waals surface area contributed by atoms with Gasteiger partial charge in [-0.1, -0.05) is 17.7 Å². The van der Waals surface area contributed by atoms with Crippen molar-refractivity contribution in [3.8, 4) is 5.75 Å². The lowest BCUT2D eigenvalue weighted by atomic mass is 10.2. The molecule has 0 unspecified atom stereocenters. The molecule has 0 atom stereocenters. The van der Waals surface area contributed by atoms with Crippen LogP contribution in [-0.4, -0.2) is 16.0 Å². The largest absolute Gasteiger partial charge is 0.507 e. The second-order valence-corrected chi connectivity index (χ2v) is 3.77. The van der Waals surface area contributed by atoms with Crippen molar-refractivity contribution in [3.05, 3.63) is 53.2 Å². The first-order valence-corrected chi connectivity index (χ1v) is 5.25. The minimum atomic E-state index is -0.455. The molecule has 2 rings (SSSR count). The fourth-order valence-electron chi connectivity index (χ4n) is 1.31. The van der Waals surface area contributed by atoms with Gasteiger partial charge in [0.15, 0.2) is 0 Å². The molecule has 0 fully saturated rings. The number of hydrogen-bond acceptors (Lipinski definition) is 3. The zero-order chi connectivity index (χ0) is 12.3. The summed E-state index contributed by atoms with van der Waals surface area (Å²) < 4.78 is 0. The molecule has 1 heterocycles. The third kappa shape index (κ3) is 2.73. The van der Waals surface area contributed by atoms with Gasteiger partial charge in [0.25, 0.3) is 5.91 Å². The summed E-state index contributed by atoms with van der Waals surface area (Å²) in [5.41, 5.74) is 0.114. The highest BCUT2D eigenvalue weighted by atomic mass is 35.5. The first kappa shape index (κ1) is 11.4. The van der Waals surface area contributed by atoms with Crippen molar-refractivity contribution < 1.29 is 9.90 Å². The Labute approximate surface area is 103 Å². The lowest BCUT2D eigenvalue weighted by molar-refractivity contribution is 0.102. The highest BCUT2D eigenvalue weighted by molar-refractivity contribution is 6.31. The molecule has 0 radical (unpaired) electrons. The highest BCUT2D eigenvalue weighted by Gasteiger charge is 2.12. The van der Waals surface area contributed by atoms with Gasteiger partial charge in [0.1, 0.15) is 11.6 Å². The summed E-state index contributed by atoms with van der Waals surface area (Å²) in [5, 5.41) is 12.5. The third-order valence-corrected chi connectivity index (χ3v) is 2.34. The van der Waals surface area contributed by atoms with Crippen LogP contribution in [0.4, 0.5) is 5.82 Å². The van der Waals surface area contributed by atoms with Crippen molar-refractivity contribution in [2.24, 2.45) is 0 Å². The Hall–Kier alpha value is -2.07. The SMILES string of the molecule is O=C(Nc1ccccn1)c1cc(Cl)ccc1O. The smallest absolute Gasteiger partial charge is 0.260 e. The Bertz CT molecular complexity index is 543. The van der Waals surface area contributed by atoms with E-state index in [4.69, 9.17) is 11.6 Å². The van der Waals surface area contributed by atoms with E-state index in [-0.39, 0.29) is 11.3 Å². The van der Waals surface area contributed by atoms with Crippen LogP contribution in [0.25, 0.3) is 0 Å². The van der Waals surface area contributed by atoms with Crippen LogP contribution in [0, 0.1) is 0 Å². The van der Waals surface area contributed by atoms with E-state index in [1.54, 1.807) is 24.4 Å². The van der Waals surface area contributed by atoms with Crippen LogP contribution >= 0.6 is 11.6 Å². The van der Waals surface area contributed by atoms with E-state index < -0.39 is 5.91 Å². The molecule has 0 aliphatic carbocycles. The Balaban J connectivity index is 2.23. The molecule has 2 N–H and O–H groups in total. The predicted octanol–water partition coefficient (Wildman–Crippen LogP) is 2.69. The summed E-state index contributed by atoms with van der Waals surface area (Å²) >= 11 is 5.76. The molecule has 2 aromatic rings. The van der Waals surface area contributed by atoms with Gasteiger partial charge in [0, 0.05) is 11.2 Å². The van der Waals surface area contributed by atoms with Crippen molar-refractivity contribution in [1.29, 1.82) is 0 Å². The zero-order valence-electron chi connectivity index (χ0n) is 8.72. The second-order valence-electron chi connectivity index (χ2n) is 3.33. The van der Waals surface area contributed by atoms with Gasteiger partial charge in [-0.3, -0.25) is 4.79 Å². The number of pyridine rings is 1. The molecule has 86 valence electrons. The Morgan fingerprint density at radius 2 is 2.12 bits per heavy atom. The van der Waals surface area contributed by atoms with Crippen molar-refractivity contribution in [2.75, 3.05) is 5.32 Å². The zero-order valence-corrected chi connectivity index (χ0v) is 9.48. The van der Waals surface area contributed by atoms with Gasteiger partial charge in [0.2, 0.25) is 0 Å². The van der Waals surface area contributed by atoms with Crippen molar-refractivity contribution in [1.82, 2.24) is 4.98 Å². The van der Waals surface area contributed by atoms with Crippen LogP contribution in [0.3, 0.4) is 0 Å². The van der Waals surface area contributed by atoms with Crippen LogP contribution in [0.1, 0.15) is 10.4 Å². The maximum absolute atomic E-state index is 11.8. The van der Waals surface area contributed by atoms with Crippen LogP contribution in [0.15, 0.2) is 42.6 Å². The van der Waals surface area contributed by atoms with Gasteiger partial charge in [-0.2, -0.15) is 0 Å². The van der Waals surface area contributed by atoms with E-state index in [0.717, 1.165) is 0 Å². The normalized spacial score (nSPS) is 9.94. The summed E-state index contributed by atoms with van der Waals surface area (Å²) in [4.78, 5) is 15.8. The molecular formula is C12H9ClN2O2. The summed E-state index contributed by atoms with van der Waals surface area (Å²) in [6, 6.07) is 9.42. The number of amides is 1. The Kier molecular flexibility index (Phi) is 3.25. The number of phenols is 1. The predicted molar refractivity (Wildman–Crippen MR) is 65.3 cm³/mol. The van der Waals surface area contributed by atoms with Crippen LogP contribution in [0.2, 0.25) is 5.02 Å². The van der Waals surface area contributed by atoms with Crippen molar-refractivity contribution in [2.45, 2.75) is 0 Å². The minimum absolute atomic E-state index is 0.114. The number of carbonyl (C=O) groups is 1. The van der Waals surface area contributed by atoms with Gasteiger partial charge in [-0.25, -0.2) is 4.98 Å². The highest BCUT2D eigenvalue weighted by Crippen LogP contribution is 2.22. The van der Waals surface area contributed by atoms with E-state index in [1.807, 2.05) is 0 Å². The number of halogens is 1. The number of aromatic hydroxyl groups is 1. The molecular weight excluding hydrogens is 240 g/mol. The number of phenolic OH excluding ortho intramolecular Hbond substituents is 1. The topological polar surface area (TPSA) is 62.2 Å². The quantitative estimate of drug-likeness (QED) is 0.859. The number of hydrogen-bond donors (Lipinski definition) is 2. The molecule has 0 spiro atoms. The number of aromatic nitrogens is 1. The fourth-order valence-corrected chi connectivity index (χ4v) is 1.48. The van der Waals surface area contributed by atoms with E-state index in [9.17, 15) is 9.90 Å². The average Bonchev–Trinajstić information content (AvgIpc) is 2.33. The van der Waals surface area contributed by atoms with Gasteiger partial charge < -0.3 is 10.4 Å². The number of rotatable bonds is 2. The maximum Gasteiger partial charge on any atom is 0.260 e. The molecule has 0 saturated carbocycles. The number of nitrogens with one attached hydrogen (secondary N) is 1. The number of anilines is 1. The Morgan fingerprint density at radius 3 is 2.82 bits per heavy atom. The molecule has 5 heteroatoms. The van der Waals surface area contributed by atoms with Crippen molar-refractivity contribution in [3.63, 3.8) is 0 Å². The second kappa shape index (κ2) is 4.84. The molecule has 1 aromatic carbocycles. The van der Waals surface area contributed by atoms with Crippen LogP contribution in [0.5, 0.6) is 5.75 Å². The molecule has 17 heavy (non-hydrogen) atoms. The van der Waals surface area contributed by atoms with E-state index >= 15 is 0 Å². The van der Waals surface area contributed by atoms with E-state index in [0.29, 0.717) is 10.8 Å². The summed E-state index contributed by atoms with van der Waals surface area (Å²) in [6.07, 6.45) is 1.56. The van der Waals surface area contributed by atoms with Crippen LogP contribution in [-0.2, 0) is 0 Å². The first-order chi connectivity index (χ1) is 8.16. The van der Waals surface area contributed by atoms with E-state index in [2.05, 4.69) is 10.3 Å². The molecule has 0 aliphatic heterocycles. The average molecular weight is 249 g/mol. The number of benzene rings is 1. The molecule has 0 saturated heterocycles. The van der Waals surface area contributed by atoms with Gasteiger partial charge in [-0.15, -0.1) is 0 Å². The van der Waals surface area contributed by atoms with Crippen molar-refractivity contribution >= 4 is 23.3 Å². The summed E-state index contributed by atoms with van der Waals surface area (Å²) in [7, 11) is 0. The summed E-state index contributed by atoms with van der Waals surface area (Å²) in [5.74, 6) is -0.164. The van der Waals surface area contributed by atoms with Gasteiger partial charge in [-0.05, 0) is 30.3 Å². The van der Waals surface area contributed by atoms with Gasteiger partial charge in [0.05, 0.1) is 5.56 Å². The minimum Gasteiger partial charge on any atom is -0.507 e. The van der Waals surface area contributed by atoms with Crippen LogP contribution < -0.4 is 5.32 Å². The first-order valence-electron chi connectivity index (χ1n) is 4.88. The summed E-state index contributed by atoms with van der Waals surface area (Å²) in [6.45, 7) is 0. The molecule has 0 aliphatic rings. The molecule has 1 amide bonds. The van der Waals surface area contributed by atoms with Gasteiger partial charge >= 0.3 is 0 Å². The number of carbonyl (C=O) groups excluding carboxylic acids is 1. The maximum atomic E-state index is 11.8.